The molecule has 0 aliphatic carbocycles. The van der Waals surface area contributed by atoms with E-state index >= 15 is 0 Å². The molecule has 4 nitrogen and oxygen atoms in total. The second kappa shape index (κ2) is 6.70. The highest BCUT2D eigenvalue weighted by Crippen LogP contribution is 2.30. The van der Waals surface area contributed by atoms with Gasteiger partial charge in [0, 0.05) is 15.7 Å². The average Bonchev–Trinajstić information content (AvgIpc) is 2.45. The van der Waals surface area contributed by atoms with Gasteiger partial charge in [-0.2, -0.15) is 0 Å². The van der Waals surface area contributed by atoms with Gasteiger partial charge in [-0.05, 0) is 30.3 Å². The maximum absolute atomic E-state index is 12.4. The second-order valence-electron chi connectivity index (χ2n) is 4.15. The van der Waals surface area contributed by atoms with Crippen LogP contribution in [0.15, 0.2) is 36.4 Å². The van der Waals surface area contributed by atoms with Crippen molar-refractivity contribution in [2.45, 2.75) is 0 Å². The van der Waals surface area contributed by atoms with Crippen molar-refractivity contribution in [1.29, 1.82) is 0 Å². The number of carbonyl (C=O) groups excluding carboxylic acids is 1. The fourth-order valence-corrected chi connectivity index (χ4v) is 2.42. The highest BCUT2D eigenvalue weighted by atomic mass is 35.5. The van der Waals surface area contributed by atoms with Crippen LogP contribution in [0.3, 0.4) is 0 Å². The van der Waals surface area contributed by atoms with Crippen molar-refractivity contribution in [3.8, 4) is 11.5 Å². The van der Waals surface area contributed by atoms with Gasteiger partial charge in [-0.15, -0.1) is 0 Å². The molecule has 1 N–H and O–H groups in total. The van der Waals surface area contributed by atoms with Gasteiger partial charge in [-0.1, -0.05) is 29.3 Å². The third-order valence-electron chi connectivity index (χ3n) is 2.78. The molecule has 0 bridgehead atoms. The summed E-state index contributed by atoms with van der Waals surface area (Å²) < 4.78 is 10.4. The van der Waals surface area contributed by atoms with E-state index in [1.165, 1.54) is 14.2 Å². The molecule has 0 spiro atoms. The number of amides is 1. The first-order chi connectivity index (χ1) is 10.0. The number of benzene rings is 2. The summed E-state index contributed by atoms with van der Waals surface area (Å²) in [7, 11) is 2.98. The van der Waals surface area contributed by atoms with Crippen LogP contribution >= 0.6 is 23.2 Å². The molecule has 0 atom stereocenters. The lowest BCUT2D eigenvalue weighted by atomic mass is 10.1. The van der Waals surface area contributed by atoms with Gasteiger partial charge in [0.1, 0.15) is 17.1 Å². The highest BCUT2D eigenvalue weighted by molar-refractivity contribution is 6.35. The number of hydrogen-bond acceptors (Lipinski definition) is 3. The molecule has 2 aromatic carbocycles. The number of nitrogens with one attached hydrogen (secondary N) is 1. The maximum Gasteiger partial charge on any atom is 0.263 e. The summed E-state index contributed by atoms with van der Waals surface area (Å²) in [5.74, 6) is 0.461. The van der Waals surface area contributed by atoms with Crippen LogP contribution in [0.4, 0.5) is 5.69 Å². The van der Waals surface area contributed by atoms with Crippen molar-refractivity contribution in [2.24, 2.45) is 0 Å². The number of halogens is 2. The molecule has 0 radical (unpaired) electrons. The van der Waals surface area contributed by atoms with Crippen LogP contribution in [-0.2, 0) is 0 Å². The van der Waals surface area contributed by atoms with Crippen LogP contribution in [0.5, 0.6) is 11.5 Å². The Hall–Kier alpha value is -1.91. The lowest BCUT2D eigenvalue weighted by Crippen LogP contribution is -2.14. The normalized spacial score (nSPS) is 10.1. The number of methoxy groups -OCH3 is 2. The molecule has 0 saturated heterocycles. The molecule has 0 aliphatic heterocycles. The zero-order valence-corrected chi connectivity index (χ0v) is 13.0. The number of anilines is 1. The quantitative estimate of drug-likeness (QED) is 0.913. The minimum Gasteiger partial charge on any atom is -0.496 e. The van der Waals surface area contributed by atoms with Crippen LogP contribution in [0.1, 0.15) is 10.4 Å². The molecule has 0 heterocycles. The largest absolute Gasteiger partial charge is 0.496 e. The molecule has 0 fully saturated rings. The van der Waals surface area contributed by atoms with Crippen LogP contribution in [0, 0.1) is 0 Å². The molecular weight excluding hydrogens is 313 g/mol. The van der Waals surface area contributed by atoms with Crippen LogP contribution in [-0.4, -0.2) is 20.1 Å². The van der Waals surface area contributed by atoms with Crippen molar-refractivity contribution in [3.63, 3.8) is 0 Å². The summed E-state index contributed by atoms with van der Waals surface area (Å²) >= 11 is 11.8. The van der Waals surface area contributed by atoms with Gasteiger partial charge in [0.2, 0.25) is 0 Å². The summed E-state index contributed by atoms with van der Waals surface area (Å²) in [6, 6.07) is 9.90. The van der Waals surface area contributed by atoms with Gasteiger partial charge in [-0.25, -0.2) is 0 Å². The molecule has 6 heteroatoms. The fourth-order valence-electron chi connectivity index (χ4n) is 1.89. The van der Waals surface area contributed by atoms with Crippen molar-refractivity contribution in [1.82, 2.24) is 0 Å². The Bertz CT molecular complexity index is 631. The number of hydrogen-bond donors (Lipinski definition) is 1. The maximum atomic E-state index is 12.4. The number of ether oxygens (including phenoxy) is 2. The Kier molecular flexibility index (Phi) is 4.94. The fraction of sp³-hybridized carbons (Fsp3) is 0.133. The van der Waals surface area contributed by atoms with E-state index in [4.69, 9.17) is 32.7 Å². The predicted octanol–water partition coefficient (Wildman–Crippen LogP) is 4.26. The second-order valence-corrected chi connectivity index (χ2v) is 5.02. The van der Waals surface area contributed by atoms with E-state index in [1.54, 1.807) is 36.4 Å². The predicted molar refractivity (Wildman–Crippen MR) is 84.0 cm³/mol. The first-order valence-electron chi connectivity index (χ1n) is 6.03. The lowest BCUT2D eigenvalue weighted by Gasteiger charge is -2.13. The summed E-state index contributed by atoms with van der Waals surface area (Å²) in [6.07, 6.45) is 0. The summed E-state index contributed by atoms with van der Waals surface area (Å²) in [5, 5.41) is 3.59. The van der Waals surface area contributed by atoms with E-state index in [0.29, 0.717) is 32.8 Å². The van der Waals surface area contributed by atoms with Gasteiger partial charge in [0.25, 0.3) is 5.91 Å². The van der Waals surface area contributed by atoms with Crippen molar-refractivity contribution >= 4 is 34.8 Å². The Balaban J connectivity index is 2.36. The minimum absolute atomic E-state index is 0.304. The van der Waals surface area contributed by atoms with Gasteiger partial charge >= 0.3 is 0 Å². The van der Waals surface area contributed by atoms with E-state index in [2.05, 4.69) is 5.32 Å². The summed E-state index contributed by atoms with van der Waals surface area (Å²) in [4.78, 5) is 12.4. The van der Waals surface area contributed by atoms with Crippen LogP contribution < -0.4 is 14.8 Å². The molecular formula is C15H13Cl2NO3. The third kappa shape index (κ3) is 3.60. The van der Waals surface area contributed by atoms with E-state index in [9.17, 15) is 4.79 Å². The molecule has 0 unspecified atom stereocenters. The Labute approximate surface area is 132 Å². The summed E-state index contributed by atoms with van der Waals surface area (Å²) in [6.45, 7) is 0. The van der Waals surface area contributed by atoms with E-state index in [1.807, 2.05) is 0 Å². The standard InChI is InChI=1S/C15H13Cl2NO3/c1-20-12-4-3-5-13(21-2)14(12)15(19)18-11-7-9(16)6-10(17)8-11/h3-8H,1-2H3,(H,18,19). The van der Waals surface area contributed by atoms with Gasteiger partial charge in [0.05, 0.1) is 14.2 Å². The SMILES string of the molecule is COc1cccc(OC)c1C(=O)Nc1cc(Cl)cc(Cl)c1. The molecule has 1 amide bonds. The topological polar surface area (TPSA) is 47.6 Å². The van der Waals surface area contributed by atoms with Crippen LogP contribution in [0.2, 0.25) is 10.0 Å². The molecule has 0 saturated carbocycles. The monoisotopic (exact) mass is 325 g/mol. The molecule has 0 aromatic heterocycles. The Morgan fingerprint density at radius 1 is 1.00 bits per heavy atom. The highest BCUT2D eigenvalue weighted by Gasteiger charge is 2.18. The van der Waals surface area contributed by atoms with E-state index in [-0.39, 0.29) is 5.91 Å². The minimum atomic E-state index is -0.373. The van der Waals surface area contributed by atoms with Gasteiger partial charge in [-0.3, -0.25) is 4.79 Å². The number of carbonyl (C=O) groups is 1. The molecule has 2 aromatic rings. The third-order valence-corrected chi connectivity index (χ3v) is 3.21. The molecule has 21 heavy (non-hydrogen) atoms. The average molecular weight is 326 g/mol. The van der Waals surface area contributed by atoms with Gasteiger partial charge in [0.15, 0.2) is 0 Å². The first-order valence-corrected chi connectivity index (χ1v) is 6.79. The van der Waals surface area contributed by atoms with Crippen molar-refractivity contribution in [3.05, 3.63) is 52.0 Å². The zero-order valence-electron chi connectivity index (χ0n) is 11.4. The van der Waals surface area contributed by atoms with E-state index < -0.39 is 0 Å². The zero-order chi connectivity index (χ0) is 15.4. The lowest BCUT2D eigenvalue weighted by molar-refractivity contribution is 0.102. The molecule has 110 valence electrons. The van der Waals surface area contributed by atoms with Crippen molar-refractivity contribution in [2.75, 3.05) is 19.5 Å². The Morgan fingerprint density at radius 2 is 1.52 bits per heavy atom. The van der Waals surface area contributed by atoms with Gasteiger partial charge < -0.3 is 14.8 Å². The van der Waals surface area contributed by atoms with E-state index in [0.717, 1.165) is 0 Å². The first kappa shape index (κ1) is 15.5. The number of rotatable bonds is 4. The molecule has 2 rings (SSSR count). The van der Waals surface area contributed by atoms with Crippen LogP contribution in [0.25, 0.3) is 0 Å². The smallest absolute Gasteiger partial charge is 0.263 e. The van der Waals surface area contributed by atoms with Crippen molar-refractivity contribution < 1.29 is 14.3 Å². The summed E-state index contributed by atoms with van der Waals surface area (Å²) in [5.41, 5.74) is 0.795. The Morgan fingerprint density at radius 3 is 2.00 bits per heavy atom. The molecule has 0 aliphatic rings.